The molecule has 3 heterocycles. The van der Waals surface area contributed by atoms with Crippen molar-refractivity contribution < 1.29 is 0 Å². The Hall–Kier alpha value is -1.95. The van der Waals surface area contributed by atoms with Gasteiger partial charge < -0.3 is 10.2 Å². The van der Waals surface area contributed by atoms with E-state index >= 15 is 0 Å². The van der Waals surface area contributed by atoms with E-state index in [1.165, 1.54) is 32.5 Å². The summed E-state index contributed by atoms with van der Waals surface area (Å²) in [6, 6.07) is 4.70. The lowest BCUT2D eigenvalue weighted by Crippen LogP contribution is -2.51. The molecular weight excluding hydrogens is 408 g/mol. The second-order valence-corrected chi connectivity index (χ2v) is 12.6. The van der Waals surface area contributed by atoms with Gasteiger partial charge in [0.1, 0.15) is 5.82 Å². The lowest BCUT2D eigenvalue weighted by Gasteiger charge is -2.57. The number of anilines is 1. The Labute approximate surface area is 197 Å². The molecule has 6 nitrogen and oxygen atoms in total. The molecule has 0 spiro atoms. The summed E-state index contributed by atoms with van der Waals surface area (Å²) < 4.78 is 1.84. The van der Waals surface area contributed by atoms with Gasteiger partial charge in [0.05, 0.1) is 11.4 Å². The van der Waals surface area contributed by atoms with Crippen LogP contribution in [0.2, 0.25) is 0 Å². The van der Waals surface area contributed by atoms with Crippen molar-refractivity contribution in [3.63, 3.8) is 0 Å². The molecule has 1 N–H and O–H groups in total. The van der Waals surface area contributed by atoms with Crippen molar-refractivity contribution in [2.75, 3.05) is 25.0 Å². The largest absolute Gasteiger partial charge is 0.366 e. The van der Waals surface area contributed by atoms with Crippen LogP contribution >= 0.6 is 0 Å². The molecule has 6 fully saturated rings. The molecule has 176 valence electrons. The molecule has 5 saturated carbocycles. The normalized spacial score (nSPS) is 39.3. The second-order valence-electron chi connectivity index (χ2n) is 12.6. The molecule has 2 aromatic rings. The predicted octanol–water partition coefficient (Wildman–Crippen LogP) is 4.52. The van der Waals surface area contributed by atoms with E-state index in [4.69, 9.17) is 0 Å². The zero-order chi connectivity index (χ0) is 22.2. The summed E-state index contributed by atoms with van der Waals surface area (Å²) in [7, 11) is 1.95. The van der Waals surface area contributed by atoms with E-state index in [1.54, 1.807) is 38.5 Å². The molecule has 0 unspecified atom stereocenters. The number of fused-ring (bicyclic) bond motifs is 1. The van der Waals surface area contributed by atoms with Gasteiger partial charge in [-0.3, -0.25) is 4.68 Å². The van der Waals surface area contributed by atoms with Gasteiger partial charge >= 0.3 is 0 Å². The Kier molecular flexibility index (Phi) is 4.66. The predicted molar refractivity (Wildman–Crippen MR) is 130 cm³/mol. The van der Waals surface area contributed by atoms with Gasteiger partial charge in [-0.1, -0.05) is 0 Å². The van der Waals surface area contributed by atoms with Crippen LogP contribution in [0.4, 0.5) is 5.82 Å². The second kappa shape index (κ2) is 7.53. The average Bonchev–Trinajstić information content (AvgIpc) is 3.39. The van der Waals surface area contributed by atoms with Gasteiger partial charge in [0, 0.05) is 44.5 Å². The maximum atomic E-state index is 4.49. The highest BCUT2D eigenvalue weighted by Crippen LogP contribution is 2.60. The summed E-state index contributed by atoms with van der Waals surface area (Å²) in [5.41, 5.74) is 3.64. The Morgan fingerprint density at radius 1 is 0.939 bits per heavy atom. The third-order valence-corrected chi connectivity index (χ3v) is 9.86. The van der Waals surface area contributed by atoms with Gasteiger partial charge in [0.2, 0.25) is 0 Å². The molecule has 8 rings (SSSR count). The third-order valence-electron chi connectivity index (χ3n) is 9.86. The standard InChI is InChI=1S/C27H38N6/c1-17-24(15-32(2)31-17)25-3-4-26(30-29-25)28-23-8-21-13-33(14-22(21)9-23)16-27-10-18-5-19(11-27)7-20(6-18)12-27/h3-4,15,18-23H,5-14,16H2,1-2H3,(H,28,30)/t18?,19?,20?,21-,22+,23-,27?. The minimum atomic E-state index is 0.543. The summed E-state index contributed by atoms with van der Waals surface area (Å²) in [5.74, 6) is 5.85. The maximum Gasteiger partial charge on any atom is 0.148 e. The van der Waals surface area contributed by atoms with Gasteiger partial charge in [0.25, 0.3) is 0 Å². The topological polar surface area (TPSA) is 58.9 Å². The Morgan fingerprint density at radius 3 is 2.15 bits per heavy atom. The van der Waals surface area contributed by atoms with Crippen LogP contribution in [-0.4, -0.2) is 50.6 Å². The van der Waals surface area contributed by atoms with Crippen molar-refractivity contribution in [1.29, 1.82) is 0 Å². The molecule has 6 heteroatoms. The van der Waals surface area contributed by atoms with Gasteiger partial charge in [-0.15, -0.1) is 10.2 Å². The molecule has 4 bridgehead atoms. The van der Waals surface area contributed by atoms with E-state index in [1.807, 2.05) is 24.9 Å². The summed E-state index contributed by atoms with van der Waals surface area (Å²) in [5, 5.41) is 17.1. The van der Waals surface area contributed by atoms with Crippen LogP contribution in [0.3, 0.4) is 0 Å². The number of hydrogen-bond donors (Lipinski definition) is 1. The first-order chi connectivity index (χ1) is 16.0. The van der Waals surface area contributed by atoms with Crippen LogP contribution in [0.1, 0.15) is 57.1 Å². The van der Waals surface area contributed by atoms with Crippen molar-refractivity contribution in [1.82, 2.24) is 24.9 Å². The minimum absolute atomic E-state index is 0.543. The fourth-order valence-electron chi connectivity index (χ4n) is 9.22. The van der Waals surface area contributed by atoms with Crippen molar-refractivity contribution in [2.45, 2.75) is 64.3 Å². The smallest absolute Gasteiger partial charge is 0.148 e. The highest BCUT2D eigenvalue weighted by Gasteiger charge is 2.52. The number of aryl methyl sites for hydroxylation is 2. The highest BCUT2D eigenvalue weighted by atomic mass is 15.3. The quantitative estimate of drug-likeness (QED) is 0.732. The van der Waals surface area contributed by atoms with Gasteiger partial charge in [-0.25, -0.2) is 0 Å². The minimum Gasteiger partial charge on any atom is -0.366 e. The zero-order valence-electron chi connectivity index (χ0n) is 20.2. The van der Waals surface area contributed by atoms with Crippen LogP contribution in [0.15, 0.2) is 18.3 Å². The maximum absolute atomic E-state index is 4.49. The van der Waals surface area contributed by atoms with Gasteiger partial charge in [-0.2, -0.15) is 5.10 Å². The molecule has 33 heavy (non-hydrogen) atoms. The zero-order valence-corrected chi connectivity index (χ0v) is 20.2. The lowest BCUT2D eigenvalue weighted by atomic mass is 9.49. The van der Waals surface area contributed by atoms with Crippen molar-refractivity contribution in [2.24, 2.45) is 42.1 Å². The number of nitrogens with one attached hydrogen (secondary N) is 1. The molecule has 3 atom stereocenters. The molecular formula is C27H38N6. The van der Waals surface area contributed by atoms with Crippen LogP contribution in [0.25, 0.3) is 11.3 Å². The molecule has 0 radical (unpaired) electrons. The summed E-state index contributed by atoms with van der Waals surface area (Å²) in [4.78, 5) is 2.88. The van der Waals surface area contributed by atoms with Crippen LogP contribution in [0, 0.1) is 41.9 Å². The van der Waals surface area contributed by atoms with Gasteiger partial charge in [-0.05, 0) is 105 Å². The Morgan fingerprint density at radius 2 is 1.61 bits per heavy atom. The fraction of sp³-hybridized carbons (Fsp3) is 0.741. The molecule has 5 aliphatic carbocycles. The first-order valence-corrected chi connectivity index (χ1v) is 13.3. The number of likely N-dealkylation sites (tertiary alicyclic amines) is 1. The highest BCUT2D eigenvalue weighted by molar-refractivity contribution is 5.61. The molecule has 6 aliphatic rings. The molecule has 0 aromatic carbocycles. The van der Waals surface area contributed by atoms with Gasteiger partial charge in [0.15, 0.2) is 0 Å². The Bertz CT molecular complexity index is 976. The van der Waals surface area contributed by atoms with Crippen LogP contribution in [-0.2, 0) is 7.05 Å². The summed E-state index contributed by atoms with van der Waals surface area (Å²) >= 11 is 0. The number of nitrogens with zero attached hydrogens (tertiary/aromatic N) is 5. The van der Waals surface area contributed by atoms with Crippen molar-refractivity contribution in [3.05, 3.63) is 24.0 Å². The van der Waals surface area contributed by atoms with Crippen LogP contribution in [0.5, 0.6) is 0 Å². The number of aromatic nitrogens is 4. The first kappa shape index (κ1) is 20.4. The van der Waals surface area contributed by atoms with E-state index in [0.717, 1.165) is 52.4 Å². The van der Waals surface area contributed by atoms with E-state index in [0.29, 0.717) is 11.5 Å². The number of rotatable bonds is 5. The lowest BCUT2D eigenvalue weighted by molar-refractivity contribution is -0.0672. The summed E-state index contributed by atoms with van der Waals surface area (Å²) in [6.45, 7) is 6.08. The molecule has 1 aliphatic heterocycles. The monoisotopic (exact) mass is 446 g/mol. The van der Waals surface area contributed by atoms with Crippen molar-refractivity contribution >= 4 is 5.82 Å². The number of hydrogen-bond acceptors (Lipinski definition) is 5. The fourth-order valence-corrected chi connectivity index (χ4v) is 9.22. The molecule has 0 amide bonds. The Balaban J connectivity index is 0.947. The first-order valence-electron chi connectivity index (χ1n) is 13.3. The summed E-state index contributed by atoms with van der Waals surface area (Å²) in [6.07, 6.45) is 13.9. The average molecular weight is 447 g/mol. The van der Waals surface area contributed by atoms with Crippen LogP contribution < -0.4 is 5.32 Å². The van der Waals surface area contributed by atoms with E-state index in [2.05, 4.69) is 37.6 Å². The third kappa shape index (κ3) is 3.69. The molecule has 2 aromatic heterocycles. The van der Waals surface area contributed by atoms with E-state index < -0.39 is 0 Å². The van der Waals surface area contributed by atoms with E-state index in [-0.39, 0.29) is 0 Å². The SMILES string of the molecule is Cc1nn(C)cc1-c1ccc(N[C@@H]2C[C@@H]3CN(CC45CC6CC(CC(C6)C4)C5)C[C@@H]3C2)nn1. The van der Waals surface area contributed by atoms with Crippen molar-refractivity contribution in [3.8, 4) is 11.3 Å². The van der Waals surface area contributed by atoms with E-state index in [9.17, 15) is 0 Å². The molecule has 1 saturated heterocycles.